The normalized spacial score (nSPS) is 12.5. The summed E-state index contributed by atoms with van der Waals surface area (Å²) < 4.78 is 4.40. The van der Waals surface area contributed by atoms with Crippen molar-refractivity contribution in [2.24, 2.45) is 5.10 Å². The number of hydrogen-bond donors (Lipinski definition) is 0. The van der Waals surface area contributed by atoms with Crippen molar-refractivity contribution in [2.45, 2.75) is 46.5 Å². The van der Waals surface area contributed by atoms with Crippen LogP contribution in [0.3, 0.4) is 0 Å². The van der Waals surface area contributed by atoms with E-state index >= 15 is 0 Å². The number of benzene rings is 4. The number of fused-ring (bicyclic) bond motifs is 3. The standard InChI is InChI=1S/C21H17N5.C21H23N2.Ir/c1-2-24-14-23-25(15-24)17-10-11-20-19(13-17)18-9-6-12-22-21(18)26(20)16-7-4-3-5-8-16;1-15(2)18-11-8-12-19(16(3)4)20(18)23-14-13-22-21(23)17-9-6-5-7-10-17;/h3-9,11-15H,2H2,1H3;5-9,11-16H,1-4H3;/q-2;-1;+3. The molecule has 0 bridgehead atoms. The summed E-state index contributed by atoms with van der Waals surface area (Å²) in [4.78, 5) is 11.3. The zero-order valence-electron chi connectivity index (χ0n) is 28.9. The van der Waals surface area contributed by atoms with Crippen LogP contribution in [-0.2, 0) is 20.1 Å². The first-order chi connectivity index (χ1) is 23.9. The van der Waals surface area contributed by atoms with Gasteiger partial charge < -0.3 is 19.0 Å². The second-order valence-corrected chi connectivity index (χ2v) is 12.7. The molecule has 0 N–H and O–H groups in total. The minimum absolute atomic E-state index is 0. The Balaban J connectivity index is 0.000000171. The molecule has 0 radical (unpaired) electrons. The average Bonchev–Trinajstić information content (AvgIpc) is 3.90. The van der Waals surface area contributed by atoms with Crippen LogP contribution in [0, 0.1) is 18.8 Å². The monoisotopic (exact) mass is 835 g/mol. The molecule has 1 aliphatic rings. The number of hydrazone groups is 1. The van der Waals surface area contributed by atoms with Gasteiger partial charge in [0.2, 0.25) is 0 Å². The van der Waals surface area contributed by atoms with Gasteiger partial charge in [0.05, 0.1) is 12.2 Å². The van der Waals surface area contributed by atoms with Crippen LogP contribution in [0.2, 0.25) is 0 Å². The van der Waals surface area contributed by atoms with E-state index in [4.69, 9.17) is 0 Å². The quantitative estimate of drug-likeness (QED) is 0.150. The molecule has 0 saturated carbocycles. The van der Waals surface area contributed by atoms with Crippen molar-refractivity contribution in [3.63, 3.8) is 0 Å². The van der Waals surface area contributed by atoms with Crippen molar-refractivity contribution in [2.75, 3.05) is 11.6 Å². The van der Waals surface area contributed by atoms with Crippen molar-refractivity contribution in [1.29, 1.82) is 0 Å². The summed E-state index contributed by atoms with van der Waals surface area (Å²) in [5, 5.41) is 8.55. The van der Waals surface area contributed by atoms with Crippen LogP contribution in [0.15, 0.2) is 121 Å². The van der Waals surface area contributed by atoms with Crippen molar-refractivity contribution in [3.8, 4) is 22.8 Å². The number of para-hydroxylation sites is 2. The zero-order chi connectivity index (χ0) is 33.9. The molecule has 252 valence electrons. The first-order valence-corrected chi connectivity index (χ1v) is 16.9. The van der Waals surface area contributed by atoms with E-state index < -0.39 is 0 Å². The van der Waals surface area contributed by atoms with Crippen LogP contribution in [0.1, 0.15) is 57.6 Å². The summed E-state index contributed by atoms with van der Waals surface area (Å²) in [6.45, 7) is 13.9. The Hall–Kier alpha value is -5.04. The molecule has 7 nitrogen and oxygen atoms in total. The van der Waals surface area contributed by atoms with Gasteiger partial charge in [-0.25, -0.2) is 4.98 Å². The number of pyridine rings is 1. The predicted molar refractivity (Wildman–Crippen MR) is 201 cm³/mol. The molecule has 0 aliphatic carbocycles. The molecule has 0 fully saturated rings. The van der Waals surface area contributed by atoms with Gasteiger partial charge in [0.15, 0.2) is 0 Å². The van der Waals surface area contributed by atoms with Crippen LogP contribution in [0.25, 0.3) is 44.7 Å². The van der Waals surface area contributed by atoms with Gasteiger partial charge in [-0.05, 0) is 54.6 Å². The maximum atomic E-state index is 4.64. The first kappa shape index (κ1) is 34.8. The molecule has 0 spiro atoms. The molecule has 50 heavy (non-hydrogen) atoms. The maximum absolute atomic E-state index is 4.64. The molecule has 8 rings (SSSR count). The molecular formula is C42H40IrN7. The largest absolute Gasteiger partial charge is 3.00 e. The molecule has 0 atom stereocenters. The number of nitrogens with zero attached hydrogens (tertiary/aromatic N) is 7. The van der Waals surface area contributed by atoms with Gasteiger partial charge in [0, 0.05) is 35.4 Å². The van der Waals surface area contributed by atoms with Gasteiger partial charge in [-0.2, -0.15) is 17.2 Å². The van der Waals surface area contributed by atoms with E-state index in [2.05, 4.69) is 126 Å². The molecule has 1 aliphatic heterocycles. The molecule has 4 aromatic carbocycles. The Morgan fingerprint density at radius 1 is 0.780 bits per heavy atom. The van der Waals surface area contributed by atoms with Gasteiger partial charge in [0.25, 0.3) is 0 Å². The minimum Gasteiger partial charge on any atom is -0.491 e. The fourth-order valence-corrected chi connectivity index (χ4v) is 6.36. The second kappa shape index (κ2) is 15.2. The van der Waals surface area contributed by atoms with Crippen molar-refractivity contribution in [1.82, 2.24) is 24.0 Å². The molecule has 7 aromatic rings. The van der Waals surface area contributed by atoms with Crippen LogP contribution in [0.5, 0.6) is 0 Å². The molecule has 4 heterocycles. The fraction of sp³-hybridized carbons (Fsp3) is 0.190. The van der Waals surface area contributed by atoms with E-state index in [0.717, 1.165) is 51.2 Å². The Kier molecular flexibility index (Phi) is 10.6. The van der Waals surface area contributed by atoms with Crippen LogP contribution >= 0.6 is 0 Å². The van der Waals surface area contributed by atoms with Crippen LogP contribution < -0.4 is 5.01 Å². The first-order valence-electron chi connectivity index (χ1n) is 16.9. The molecule has 0 amide bonds. The summed E-state index contributed by atoms with van der Waals surface area (Å²) in [6.07, 6.45) is 7.59. The smallest absolute Gasteiger partial charge is 0.491 e. The van der Waals surface area contributed by atoms with E-state index in [1.54, 1.807) is 0 Å². The number of anilines is 1. The van der Waals surface area contributed by atoms with Gasteiger partial charge in [0.1, 0.15) is 5.65 Å². The Morgan fingerprint density at radius 3 is 2.22 bits per heavy atom. The van der Waals surface area contributed by atoms with E-state index in [0.29, 0.717) is 11.8 Å². The van der Waals surface area contributed by atoms with E-state index in [1.165, 1.54) is 16.8 Å². The maximum Gasteiger partial charge on any atom is 3.00 e. The second-order valence-electron chi connectivity index (χ2n) is 12.7. The van der Waals surface area contributed by atoms with Crippen molar-refractivity contribution in [3.05, 3.63) is 146 Å². The summed E-state index contributed by atoms with van der Waals surface area (Å²) in [6, 6.07) is 39.9. The van der Waals surface area contributed by atoms with E-state index in [9.17, 15) is 0 Å². The summed E-state index contributed by atoms with van der Waals surface area (Å²) in [5.41, 5.74) is 9.04. The summed E-state index contributed by atoms with van der Waals surface area (Å²) in [5.74, 6) is 1.86. The minimum atomic E-state index is 0. The topological polar surface area (TPSA) is 54.5 Å². The number of imidazole rings is 1. The Bertz CT molecular complexity index is 2190. The SMILES string of the molecule is CC(C)c1cccc(C(C)C)c1-n1ccnc1-c1[c-]cccc1.CCN1C=NN(c2[c-]cc3c(c2)c2cccnc2n3-c2ccccc2)[CH-]1.[Ir+3]. The van der Waals surface area contributed by atoms with Gasteiger partial charge in [-0.1, -0.05) is 86.7 Å². The van der Waals surface area contributed by atoms with Gasteiger partial charge >= 0.3 is 20.1 Å². The Morgan fingerprint density at radius 2 is 1.54 bits per heavy atom. The van der Waals surface area contributed by atoms with E-state index in [1.807, 2.05) is 83.8 Å². The number of hydrogen-bond acceptors (Lipinski definition) is 5. The van der Waals surface area contributed by atoms with Crippen molar-refractivity contribution >= 4 is 34.0 Å². The molecule has 3 aromatic heterocycles. The zero-order valence-corrected chi connectivity index (χ0v) is 31.3. The van der Waals surface area contributed by atoms with Gasteiger partial charge in [-0.15, -0.1) is 48.6 Å². The van der Waals surface area contributed by atoms with Crippen LogP contribution in [0.4, 0.5) is 5.69 Å². The van der Waals surface area contributed by atoms with E-state index in [-0.39, 0.29) is 20.1 Å². The Labute approximate surface area is 308 Å². The van der Waals surface area contributed by atoms with Gasteiger partial charge in [-0.3, -0.25) is 4.98 Å². The molecule has 0 saturated heterocycles. The van der Waals surface area contributed by atoms with Crippen molar-refractivity contribution < 1.29 is 20.1 Å². The fourth-order valence-electron chi connectivity index (χ4n) is 6.36. The summed E-state index contributed by atoms with van der Waals surface area (Å²) in [7, 11) is 0. The third-order valence-corrected chi connectivity index (χ3v) is 8.83. The third-order valence-electron chi connectivity index (χ3n) is 8.83. The molecular weight excluding hydrogens is 795 g/mol. The third kappa shape index (κ3) is 6.74. The average molecular weight is 835 g/mol. The molecule has 8 heteroatoms. The summed E-state index contributed by atoms with van der Waals surface area (Å²) >= 11 is 0. The predicted octanol–water partition coefficient (Wildman–Crippen LogP) is 9.77. The molecule has 0 unspecified atom stereocenters. The van der Waals surface area contributed by atoms with Crippen LogP contribution in [-0.4, -0.2) is 36.9 Å². The number of rotatable bonds is 7. The number of aromatic nitrogens is 4.